The van der Waals surface area contributed by atoms with Crippen LogP contribution in [-0.2, 0) is 32.0 Å². The first kappa shape index (κ1) is 33.6. The molecule has 9 N–H and O–H groups in total. The fraction of sp³-hybridized carbons (Fsp3) is 0.370. The number of hydrogen-bond acceptors (Lipinski definition) is 12. The summed E-state index contributed by atoms with van der Waals surface area (Å²) >= 11 is 3.84. The number of ketones is 1. The van der Waals surface area contributed by atoms with Crippen LogP contribution >= 0.6 is 12.6 Å². The Hall–Kier alpha value is -4.90. The topological polar surface area (TPSA) is 273 Å². The zero-order chi connectivity index (χ0) is 32.4. The van der Waals surface area contributed by atoms with E-state index in [1.807, 2.05) is 0 Å². The number of aromatic nitrogens is 4. The first-order valence-electron chi connectivity index (χ1n) is 13.4. The van der Waals surface area contributed by atoms with Gasteiger partial charge in [0.05, 0.1) is 17.8 Å². The fourth-order valence-corrected chi connectivity index (χ4v) is 4.30. The van der Waals surface area contributed by atoms with Crippen LogP contribution in [0.15, 0.2) is 35.3 Å². The number of carbonyl (C=O) groups excluding carboxylic acids is 3. The van der Waals surface area contributed by atoms with Gasteiger partial charge in [-0.25, -0.2) is 14.8 Å². The summed E-state index contributed by atoms with van der Waals surface area (Å²) in [6.07, 6.45) is 1.79. The van der Waals surface area contributed by atoms with E-state index in [1.54, 1.807) is 24.3 Å². The number of H-pyrrole nitrogens is 1. The van der Waals surface area contributed by atoms with Crippen LogP contribution in [0.2, 0.25) is 0 Å². The van der Waals surface area contributed by atoms with Crippen molar-refractivity contribution in [2.45, 2.75) is 44.2 Å². The number of fused-ring (bicyclic) bond motifs is 1. The lowest BCUT2D eigenvalue weighted by Gasteiger charge is -2.17. The Morgan fingerprint density at radius 1 is 1.02 bits per heavy atom. The minimum absolute atomic E-state index is 0.0531. The molecule has 0 aliphatic heterocycles. The molecule has 0 saturated carbocycles. The second kappa shape index (κ2) is 15.5. The van der Waals surface area contributed by atoms with E-state index in [0.29, 0.717) is 24.1 Å². The van der Waals surface area contributed by atoms with Crippen LogP contribution < -0.4 is 27.7 Å². The van der Waals surface area contributed by atoms with E-state index in [-0.39, 0.29) is 48.7 Å². The van der Waals surface area contributed by atoms with Gasteiger partial charge in [-0.3, -0.25) is 29.0 Å². The maximum Gasteiger partial charge on any atom is 0.327 e. The van der Waals surface area contributed by atoms with Crippen LogP contribution in [0.4, 0.5) is 5.95 Å². The highest BCUT2D eigenvalue weighted by atomic mass is 32.1. The summed E-state index contributed by atoms with van der Waals surface area (Å²) < 4.78 is 0. The standard InChI is InChI=1S/C27H32N8O8S/c28-17(23(38)33-18(12-44)26(42)43)11-30-20(37)8-6-15(25(40)41)9-19(36)14-4-1-13(2-5-14)3-7-16-10-31-22-21(32-16)24(39)35-27(29)34-22/h1-2,4-5,10,15,17-18,44H,3,6-9,11-12,28H2,(H,30,37)(H,33,38)(H,40,41)(H,42,43)(H3,29,31,34,35,39)/t15-,17+,18-/m0/s1. The lowest BCUT2D eigenvalue weighted by Crippen LogP contribution is -2.53. The number of benzene rings is 1. The van der Waals surface area contributed by atoms with Gasteiger partial charge in [0.1, 0.15) is 12.1 Å². The number of rotatable bonds is 16. The van der Waals surface area contributed by atoms with Gasteiger partial charge in [0.15, 0.2) is 16.9 Å². The highest BCUT2D eigenvalue weighted by molar-refractivity contribution is 7.80. The summed E-state index contributed by atoms with van der Waals surface area (Å²) in [5.41, 5.74) is 12.7. The number of hydrogen-bond donors (Lipinski definition) is 8. The van der Waals surface area contributed by atoms with Crippen LogP contribution in [0.25, 0.3) is 11.2 Å². The van der Waals surface area contributed by atoms with Gasteiger partial charge < -0.3 is 32.3 Å². The molecule has 44 heavy (non-hydrogen) atoms. The van der Waals surface area contributed by atoms with Gasteiger partial charge in [-0.15, -0.1) is 0 Å². The molecule has 2 amide bonds. The summed E-state index contributed by atoms with van der Waals surface area (Å²) in [7, 11) is 0. The van der Waals surface area contributed by atoms with E-state index in [4.69, 9.17) is 16.6 Å². The summed E-state index contributed by atoms with van der Waals surface area (Å²) in [6.45, 7) is -0.301. The van der Waals surface area contributed by atoms with Crippen molar-refractivity contribution in [3.63, 3.8) is 0 Å². The van der Waals surface area contributed by atoms with Crippen molar-refractivity contribution in [3.8, 4) is 0 Å². The number of aryl methyl sites for hydroxylation is 2. The van der Waals surface area contributed by atoms with Crippen molar-refractivity contribution in [1.29, 1.82) is 0 Å². The highest BCUT2D eigenvalue weighted by Crippen LogP contribution is 2.17. The van der Waals surface area contributed by atoms with Crippen LogP contribution in [0.3, 0.4) is 0 Å². The third-order valence-corrected chi connectivity index (χ3v) is 6.95. The molecule has 0 aliphatic rings. The molecule has 3 aromatic rings. The largest absolute Gasteiger partial charge is 0.481 e. The van der Waals surface area contributed by atoms with E-state index >= 15 is 0 Å². The number of Topliss-reactive ketones (excluding diaryl/α,β-unsaturated/α-hetero) is 1. The lowest BCUT2D eigenvalue weighted by molar-refractivity contribution is -0.142. The molecule has 0 bridgehead atoms. The first-order valence-corrected chi connectivity index (χ1v) is 14.0. The number of carbonyl (C=O) groups is 5. The first-order chi connectivity index (χ1) is 20.9. The monoisotopic (exact) mass is 628 g/mol. The number of nitrogens with one attached hydrogen (secondary N) is 3. The fourth-order valence-electron chi connectivity index (χ4n) is 4.05. The zero-order valence-electron chi connectivity index (χ0n) is 23.4. The van der Waals surface area contributed by atoms with E-state index in [1.165, 1.54) is 6.20 Å². The number of carboxylic acid groups (broad SMARTS) is 2. The Bertz CT molecular complexity index is 1600. The van der Waals surface area contributed by atoms with Gasteiger partial charge in [-0.05, 0) is 24.8 Å². The third kappa shape index (κ3) is 9.56. The van der Waals surface area contributed by atoms with Crippen molar-refractivity contribution in [2.75, 3.05) is 18.0 Å². The Morgan fingerprint density at radius 3 is 2.36 bits per heavy atom. The predicted octanol–water partition coefficient (Wildman–Crippen LogP) is -0.923. The van der Waals surface area contributed by atoms with Crippen molar-refractivity contribution in [3.05, 3.63) is 57.6 Å². The lowest BCUT2D eigenvalue weighted by atomic mass is 9.93. The number of carboxylic acids is 2. The summed E-state index contributed by atoms with van der Waals surface area (Å²) in [5.74, 6) is -5.65. The minimum atomic E-state index is -1.29. The molecule has 3 atom stereocenters. The molecule has 0 radical (unpaired) electrons. The SMILES string of the molecule is Nc1nc2ncc(CCc3ccc(C(=O)C[C@H](CCC(=O)NC[C@@H](N)C(=O)N[C@@H](CS)C(=O)O)C(=O)O)cc3)nc2c(=O)[nH]1. The van der Waals surface area contributed by atoms with Crippen LogP contribution in [0, 0.1) is 5.92 Å². The molecule has 2 heterocycles. The predicted molar refractivity (Wildman–Crippen MR) is 160 cm³/mol. The van der Waals surface area contributed by atoms with Crippen molar-refractivity contribution in [1.82, 2.24) is 30.6 Å². The third-order valence-electron chi connectivity index (χ3n) is 6.59. The summed E-state index contributed by atoms with van der Waals surface area (Å²) in [6, 6.07) is 4.16. The van der Waals surface area contributed by atoms with E-state index in [9.17, 15) is 33.9 Å². The normalized spacial score (nSPS) is 13.0. The number of nitrogens with two attached hydrogens (primary N) is 2. The van der Waals surface area contributed by atoms with Gasteiger partial charge in [0.25, 0.3) is 5.56 Å². The molecule has 0 unspecified atom stereocenters. The number of thiol groups is 1. The molecule has 234 valence electrons. The summed E-state index contributed by atoms with van der Waals surface area (Å²) in [4.78, 5) is 86.6. The van der Waals surface area contributed by atoms with Gasteiger partial charge in [0, 0.05) is 30.7 Å². The molecular weight excluding hydrogens is 596 g/mol. The number of nitrogen functional groups attached to an aromatic ring is 1. The maximum absolute atomic E-state index is 12.8. The van der Waals surface area contributed by atoms with E-state index in [0.717, 1.165) is 5.56 Å². The Balaban J connectivity index is 1.48. The van der Waals surface area contributed by atoms with E-state index in [2.05, 4.69) is 43.2 Å². The second-order valence-corrected chi connectivity index (χ2v) is 10.2. The quantitative estimate of drug-likeness (QED) is 0.0705. The smallest absolute Gasteiger partial charge is 0.327 e. The molecule has 16 nitrogen and oxygen atoms in total. The zero-order valence-corrected chi connectivity index (χ0v) is 24.3. The van der Waals surface area contributed by atoms with Crippen molar-refractivity contribution >= 4 is 59.3 Å². The average molecular weight is 629 g/mol. The highest BCUT2D eigenvalue weighted by Gasteiger charge is 2.25. The minimum Gasteiger partial charge on any atom is -0.481 e. The maximum atomic E-state index is 12.8. The van der Waals surface area contributed by atoms with Crippen LogP contribution in [-0.4, -0.2) is 84.1 Å². The average Bonchev–Trinajstić information content (AvgIpc) is 2.99. The van der Waals surface area contributed by atoms with Gasteiger partial charge >= 0.3 is 11.9 Å². The molecule has 1 aromatic carbocycles. The summed E-state index contributed by atoms with van der Waals surface area (Å²) in [5, 5.41) is 23.2. The molecule has 0 aliphatic carbocycles. The second-order valence-electron chi connectivity index (χ2n) is 9.88. The van der Waals surface area contributed by atoms with Crippen molar-refractivity contribution < 1.29 is 34.2 Å². The number of nitrogens with zero attached hydrogens (tertiary/aromatic N) is 3. The Morgan fingerprint density at radius 2 is 1.73 bits per heavy atom. The Kier molecular flexibility index (Phi) is 11.9. The number of aromatic amines is 1. The molecule has 2 aromatic heterocycles. The number of anilines is 1. The molecule has 17 heteroatoms. The van der Waals surface area contributed by atoms with Gasteiger partial charge in [0.2, 0.25) is 17.8 Å². The molecule has 0 saturated heterocycles. The van der Waals surface area contributed by atoms with E-state index < -0.39 is 53.1 Å². The number of amides is 2. The Labute approximate surface area is 255 Å². The van der Waals surface area contributed by atoms with Gasteiger partial charge in [-0.1, -0.05) is 24.3 Å². The van der Waals surface area contributed by atoms with Crippen molar-refractivity contribution in [2.24, 2.45) is 11.7 Å². The van der Waals surface area contributed by atoms with Crippen LogP contribution in [0.1, 0.15) is 40.9 Å². The van der Waals surface area contributed by atoms with Crippen LogP contribution in [0.5, 0.6) is 0 Å². The molecule has 3 rings (SSSR count). The molecular formula is C27H32N8O8S. The molecule has 0 fully saturated rings. The van der Waals surface area contributed by atoms with Gasteiger partial charge in [-0.2, -0.15) is 17.6 Å². The number of aliphatic carboxylic acids is 2. The molecule has 0 spiro atoms.